The Balaban J connectivity index is 0.00000261. The van der Waals surface area contributed by atoms with Crippen LogP contribution in [0, 0.1) is 0 Å². The van der Waals surface area contributed by atoms with Crippen molar-refractivity contribution in [1.82, 2.24) is 25.5 Å². The minimum absolute atomic E-state index is 0. The summed E-state index contributed by atoms with van der Waals surface area (Å²) in [6, 6.07) is 15.7. The first-order valence-electron chi connectivity index (χ1n) is 8.40. The number of rotatable bonds is 6. The summed E-state index contributed by atoms with van der Waals surface area (Å²) >= 11 is 0. The van der Waals surface area contributed by atoms with Gasteiger partial charge in [-0.25, -0.2) is 0 Å². The SMILES string of the molecule is COc1cc(CNC(C)(C)C)ccc1Oc1nnnn1-c1ccccc1.[Cl-]. The Morgan fingerprint density at radius 3 is 2.44 bits per heavy atom. The Morgan fingerprint density at radius 2 is 1.78 bits per heavy atom. The Labute approximate surface area is 165 Å². The van der Waals surface area contributed by atoms with Crippen LogP contribution in [0.25, 0.3) is 5.69 Å². The van der Waals surface area contributed by atoms with Crippen LogP contribution < -0.4 is 27.2 Å². The number of aromatic nitrogens is 4. The third-order valence-electron chi connectivity index (χ3n) is 3.69. The van der Waals surface area contributed by atoms with Crippen LogP contribution >= 0.6 is 0 Å². The zero-order chi connectivity index (χ0) is 18.6. The van der Waals surface area contributed by atoms with E-state index in [0.29, 0.717) is 11.5 Å². The van der Waals surface area contributed by atoms with Gasteiger partial charge in [-0.15, -0.1) is 0 Å². The average molecular weight is 389 g/mol. The number of halogens is 1. The van der Waals surface area contributed by atoms with Crippen molar-refractivity contribution in [2.75, 3.05) is 7.11 Å². The fraction of sp³-hybridized carbons (Fsp3) is 0.316. The lowest BCUT2D eigenvalue weighted by Crippen LogP contribution is -3.00. The summed E-state index contributed by atoms with van der Waals surface area (Å²) < 4.78 is 12.9. The topological polar surface area (TPSA) is 74.1 Å². The van der Waals surface area contributed by atoms with Gasteiger partial charge >= 0.3 is 6.01 Å². The standard InChI is InChI=1S/C19H23N5O2.ClH/c1-19(2,3)20-13-14-10-11-16(17(12-14)25-4)26-18-21-22-23-24(18)15-8-6-5-7-9-15;/h5-12,20H,13H2,1-4H3;1H/p-1. The Hall–Kier alpha value is -2.64. The van der Waals surface area contributed by atoms with E-state index in [9.17, 15) is 0 Å². The largest absolute Gasteiger partial charge is 1.00 e. The molecule has 0 aliphatic carbocycles. The molecule has 1 N–H and O–H groups in total. The highest BCUT2D eigenvalue weighted by atomic mass is 35.5. The van der Waals surface area contributed by atoms with Crippen LogP contribution in [0.2, 0.25) is 0 Å². The smallest absolute Gasteiger partial charge is 0.346 e. The maximum atomic E-state index is 5.91. The van der Waals surface area contributed by atoms with Crippen LogP contribution in [-0.4, -0.2) is 32.9 Å². The van der Waals surface area contributed by atoms with Crippen molar-refractivity contribution in [2.24, 2.45) is 0 Å². The molecular weight excluding hydrogens is 366 g/mol. The Morgan fingerprint density at radius 1 is 1.04 bits per heavy atom. The lowest BCUT2D eigenvalue weighted by atomic mass is 10.1. The van der Waals surface area contributed by atoms with Crippen molar-refractivity contribution in [3.8, 4) is 23.2 Å². The summed E-state index contributed by atoms with van der Waals surface area (Å²) in [7, 11) is 1.61. The fourth-order valence-electron chi connectivity index (χ4n) is 2.35. The fourth-order valence-corrected chi connectivity index (χ4v) is 2.35. The van der Waals surface area contributed by atoms with Crippen LogP contribution in [0.3, 0.4) is 0 Å². The van der Waals surface area contributed by atoms with E-state index in [1.165, 1.54) is 4.68 Å². The van der Waals surface area contributed by atoms with Crippen LogP contribution in [0.4, 0.5) is 0 Å². The average Bonchev–Trinajstić information content (AvgIpc) is 3.09. The van der Waals surface area contributed by atoms with Crippen molar-refractivity contribution >= 4 is 0 Å². The number of para-hydroxylation sites is 1. The maximum absolute atomic E-state index is 5.91. The number of nitrogens with one attached hydrogen (secondary N) is 1. The van der Waals surface area contributed by atoms with Gasteiger partial charge in [0, 0.05) is 12.1 Å². The number of hydrogen-bond donors (Lipinski definition) is 1. The van der Waals surface area contributed by atoms with E-state index in [1.807, 2.05) is 48.5 Å². The summed E-state index contributed by atoms with van der Waals surface area (Å²) in [6.07, 6.45) is 0. The molecule has 0 amide bonds. The minimum atomic E-state index is 0. The molecule has 0 saturated carbocycles. The molecule has 2 aromatic carbocycles. The molecule has 144 valence electrons. The van der Waals surface area contributed by atoms with Gasteiger partial charge in [0.25, 0.3) is 0 Å². The highest BCUT2D eigenvalue weighted by Crippen LogP contribution is 2.32. The van der Waals surface area contributed by atoms with Crippen molar-refractivity contribution in [2.45, 2.75) is 32.9 Å². The molecule has 27 heavy (non-hydrogen) atoms. The molecule has 0 bridgehead atoms. The molecule has 0 saturated heterocycles. The lowest BCUT2D eigenvalue weighted by Gasteiger charge is -2.21. The molecule has 8 heteroatoms. The molecule has 1 aromatic heterocycles. The Kier molecular flexibility index (Phi) is 6.76. The van der Waals surface area contributed by atoms with Gasteiger partial charge in [-0.05, 0) is 61.0 Å². The van der Waals surface area contributed by atoms with Crippen molar-refractivity contribution in [1.29, 1.82) is 0 Å². The van der Waals surface area contributed by atoms with Crippen LogP contribution in [0.5, 0.6) is 17.5 Å². The van der Waals surface area contributed by atoms with Gasteiger partial charge in [-0.2, -0.15) is 4.68 Å². The summed E-state index contributed by atoms with van der Waals surface area (Å²) in [4.78, 5) is 0. The summed E-state index contributed by atoms with van der Waals surface area (Å²) in [5.41, 5.74) is 1.96. The van der Waals surface area contributed by atoms with E-state index in [1.54, 1.807) is 7.11 Å². The van der Waals surface area contributed by atoms with E-state index in [0.717, 1.165) is 17.8 Å². The predicted molar refractivity (Wildman–Crippen MR) is 98.8 cm³/mol. The van der Waals surface area contributed by atoms with Gasteiger partial charge < -0.3 is 27.2 Å². The molecule has 0 spiro atoms. The second-order valence-electron chi connectivity index (χ2n) is 6.90. The predicted octanol–water partition coefficient (Wildman–Crippen LogP) is 0.355. The maximum Gasteiger partial charge on any atom is 0.346 e. The molecule has 3 aromatic rings. The van der Waals surface area contributed by atoms with E-state index >= 15 is 0 Å². The van der Waals surface area contributed by atoms with Gasteiger partial charge in [0.1, 0.15) is 0 Å². The van der Waals surface area contributed by atoms with Gasteiger partial charge in [-0.3, -0.25) is 0 Å². The molecule has 7 nitrogen and oxygen atoms in total. The second kappa shape index (κ2) is 8.83. The molecule has 0 unspecified atom stereocenters. The monoisotopic (exact) mass is 388 g/mol. The van der Waals surface area contributed by atoms with Crippen LogP contribution in [0.1, 0.15) is 26.3 Å². The lowest BCUT2D eigenvalue weighted by molar-refractivity contribution is -0.00000700. The van der Waals surface area contributed by atoms with Crippen molar-refractivity contribution < 1.29 is 21.9 Å². The summed E-state index contributed by atoms with van der Waals surface area (Å²) in [5, 5.41) is 15.1. The van der Waals surface area contributed by atoms with Gasteiger partial charge in [0.15, 0.2) is 11.5 Å². The van der Waals surface area contributed by atoms with Gasteiger partial charge in [-0.1, -0.05) is 29.4 Å². The molecule has 3 rings (SSSR count). The van der Waals surface area contributed by atoms with Crippen LogP contribution in [-0.2, 0) is 6.54 Å². The molecule has 1 heterocycles. The molecule has 0 atom stereocenters. The third kappa shape index (κ3) is 5.42. The number of hydrogen-bond acceptors (Lipinski definition) is 6. The Bertz CT molecular complexity index is 862. The van der Waals surface area contributed by atoms with Crippen molar-refractivity contribution in [3.63, 3.8) is 0 Å². The van der Waals surface area contributed by atoms with Crippen LogP contribution in [0.15, 0.2) is 48.5 Å². The molecule has 0 aliphatic heterocycles. The van der Waals surface area contributed by atoms with Gasteiger partial charge in [0.05, 0.1) is 12.8 Å². The minimum Gasteiger partial charge on any atom is -1.00 e. The zero-order valence-corrected chi connectivity index (χ0v) is 16.6. The first-order valence-corrected chi connectivity index (χ1v) is 8.40. The molecular formula is C19H23ClN5O2-. The number of nitrogens with zero attached hydrogens (tertiary/aromatic N) is 4. The normalized spacial score (nSPS) is 11.0. The number of ether oxygens (including phenoxy) is 2. The first-order chi connectivity index (χ1) is 12.5. The quantitative estimate of drug-likeness (QED) is 0.657. The molecule has 0 aliphatic rings. The van der Waals surface area contributed by atoms with E-state index in [2.05, 4.69) is 41.6 Å². The van der Waals surface area contributed by atoms with Crippen molar-refractivity contribution in [3.05, 3.63) is 54.1 Å². The summed E-state index contributed by atoms with van der Waals surface area (Å²) in [5.74, 6) is 1.18. The third-order valence-corrected chi connectivity index (χ3v) is 3.69. The van der Waals surface area contributed by atoms with Gasteiger partial charge in [0.2, 0.25) is 0 Å². The molecule has 0 radical (unpaired) electrons. The highest BCUT2D eigenvalue weighted by molar-refractivity contribution is 5.44. The number of benzene rings is 2. The van der Waals surface area contributed by atoms with E-state index in [-0.39, 0.29) is 24.0 Å². The van der Waals surface area contributed by atoms with E-state index in [4.69, 9.17) is 9.47 Å². The second-order valence-corrected chi connectivity index (χ2v) is 6.90. The van der Waals surface area contributed by atoms with E-state index < -0.39 is 0 Å². The number of tetrazole rings is 1. The summed E-state index contributed by atoms with van der Waals surface area (Å²) in [6.45, 7) is 7.13. The zero-order valence-electron chi connectivity index (χ0n) is 15.8. The first kappa shape index (κ1) is 20.7. The highest BCUT2D eigenvalue weighted by Gasteiger charge is 2.15. The number of methoxy groups -OCH3 is 1. The molecule has 0 fully saturated rings.